The average molecular weight is 778 g/mol. The summed E-state index contributed by atoms with van der Waals surface area (Å²) in [6.45, 7) is 16.0. The van der Waals surface area contributed by atoms with Crippen LogP contribution in [0, 0.1) is 0 Å². The molecule has 2 nitrogen and oxygen atoms in total. The van der Waals surface area contributed by atoms with Crippen molar-refractivity contribution in [1.82, 2.24) is 0 Å². The fourth-order valence-corrected chi connectivity index (χ4v) is 9.73. The van der Waals surface area contributed by atoms with E-state index in [4.69, 9.17) is 4.42 Å². The van der Waals surface area contributed by atoms with Crippen LogP contribution in [0.2, 0.25) is 0 Å². The van der Waals surface area contributed by atoms with Crippen LogP contribution in [0.5, 0.6) is 0 Å². The van der Waals surface area contributed by atoms with Gasteiger partial charge in [-0.25, -0.2) is 0 Å². The molecule has 1 heterocycles. The van der Waals surface area contributed by atoms with Gasteiger partial charge >= 0.3 is 0 Å². The Kier molecular flexibility index (Phi) is 8.77. The van der Waals surface area contributed by atoms with Crippen molar-refractivity contribution in [3.8, 4) is 22.3 Å². The minimum absolute atomic E-state index is 0.0135. The summed E-state index contributed by atoms with van der Waals surface area (Å²) in [6, 6.07) is 56.3. The van der Waals surface area contributed by atoms with Gasteiger partial charge in [-0.2, -0.15) is 0 Å². The summed E-state index contributed by atoms with van der Waals surface area (Å²) in [5.41, 5.74) is 19.0. The van der Waals surface area contributed by atoms with E-state index in [0.29, 0.717) is 0 Å². The lowest BCUT2D eigenvalue weighted by Gasteiger charge is -2.33. The first-order valence-electron chi connectivity index (χ1n) is 21.3. The number of benzene rings is 7. The molecule has 0 unspecified atom stereocenters. The van der Waals surface area contributed by atoms with E-state index in [2.05, 4.69) is 229 Å². The highest BCUT2D eigenvalue weighted by Crippen LogP contribution is 2.64. The van der Waals surface area contributed by atoms with Crippen LogP contribution in [0.25, 0.3) is 49.8 Å². The zero-order chi connectivity index (χ0) is 41.4. The van der Waals surface area contributed by atoms with Crippen LogP contribution in [0.15, 0.2) is 187 Å². The molecule has 8 aromatic rings. The van der Waals surface area contributed by atoms with E-state index in [-0.39, 0.29) is 10.8 Å². The Hall–Kier alpha value is -6.64. The third-order valence-electron chi connectivity index (χ3n) is 12.8. The van der Waals surface area contributed by atoms with Crippen molar-refractivity contribution in [1.29, 1.82) is 0 Å². The molecule has 0 saturated carbocycles. The highest BCUT2D eigenvalue weighted by atomic mass is 16.3. The number of allylic oxidation sites excluding steroid dienone is 5. The highest BCUT2D eigenvalue weighted by molar-refractivity contribution is 6.06. The van der Waals surface area contributed by atoms with E-state index in [0.717, 1.165) is 38.9 Å². The third kappa shape index (κ3) is 5.92. The van der Waals surface area contributed by atoms with Crippen molar-refractivity contribution in [3.05, 3.63) is 221 Å². The van der Waals surface area contributed by atoms with Crippen molar-refractivity contribution in [2.75, 3.05) is 4.90 Å². The van der Waals surface area contributed by atoms with E-state index in [9.17, 15) is 0 Å². The lowest BCUT2D eigenvalue weighted by Crippen LogP contribution is -2.27. The molecule has 0 amide bonds. The molecule has 0 fully saturated rings. The molecule has 60 heavy (non-hydrogen) atoms. The Bertz CT molecular complexity index is 3000. The zero-order valence-electron chi connectivity index (χ0n) is 35.7. The van der Waals surface area contributed by atoms with Crippen LogP contribution in [0.4, 0.5) is 11.4 Å². The standard InChI is InChI=1S/C58H51NO/c1-8-17-38(39-18-10-9-11-19-39)20-16-33-59(43-28-32-49-48-22-13-15-24-54(48)60-55(49)37-43)42-27-31-47-44-21-12-14-23-50(44)58(53(47)36-42)51-34-40(56(2,3)4)25-29-45(51)46-30-26-41(35-52(46)58)57(5,6)7/h8-37H,1-7H3/b17-8-,33-16+,38-20+. The smallest absolute Gasteiger partial charge is 0.137 e. The Morgan fingerprint density at radius 2 is 1.07 bits per heavy atom. The van der Waals surface area contributed by atoms with E-state index in [1.165, 1.54) is 61.2 Å². The van der Waals surface area contributed by atoms with Crippen LogP contribution in [0.1, 0.15) is 87.4 Å². The first-order valence-corrected chi connectivity index (χ1v) is 21.3. The molecule has 0 aliphatic heterocycles. The van der Waals surface area contributed by atoms with Crippen molar-refractivity contribution >= 4 is 38.9 Å². The molecule has 1 aromatic heterocycles. The lowest BCUT2D eigenvalue weighted by molar-refractivity contribution is 0.586. The second-order valence-electron chi connectivity index (χ2n) is 18.5. The van der Waals surface area contributed by atoms with Gasteiger partial charge in [0.15, 0.2) is 0 Å². The molecule has 2 aliphatic rings. The van der Waals surface area contributed by atoms with Crippen LogP contribution < -0.4 is 4.90 Å². The van der Waals surface area contributed by atoms with Crippen LogP contribution in [-0.2, 0) is 16.2 Å². The largest absolute Gasteiger partial charge is 0.456 e. The number of hydrogen-bond donors (Lipinski definition) is 0. The molecule has 2 aliphatic carbocycles. The lowest BCUT2D eigenvalue weighted by atomic mass is 9.68. The quantitative estimate of drug-likeness (QED) is 0.156. The Balaban J connectivity index is 1.23. The summed E-state index contributed by atoms with van der Waals surface area (Å²) in [4.78, 5) is 2.33. The fourth-order valence-electron chi connectivity index (χ4n) is 9.73. The number of anilines is 2. The number of hydrogen-bond acceptors (Lipinski definition) is 2. The summed E-state index contributed by atoms with van der Waals surface area (Å²) < 4.78 is 6.49. The molecule has 10 rings (SSSR count). The first-order chi connectivity index (χ1) is 29.0. The van der Waals surface area contributed by atoms with E-state index < -0.39 is 5.41 Å². The summed E-state index contributed by atoms with van der Waals surface area (Å²) in [5.74, 6) is 0. The van der Waals surface area contributed by atoms with Crippen molar-refractivity contribution < 1.29 is 4.42 Å². The van der Waals surface area contributed by atoms with Gasteiger partial charge in [-0.05, 0) is 121 Å². The highest BCUT2D eigenvalue weighted by Gasteiger charge is 2.52. The fraction of sp³-hybridized carbons (Fsp3) is 0.172. The van der Waals surface area contributed by atoms with Crippen LogP contribution >= 0.6 is 0 Å². The molecule has 1 spiro atoms. The SMILES string of the molecule is C\C=C/C(=C\C=C\N(c1ccc2c(c1)C1(c3ccccc3-2)c2cc(C(C)(C)C)ccc2-c2ccc(C(C)(C)C)cc21)c1ccc2c(c1)oc1ccccc12)c1ccccc1. The predicted octanol–water partition coefficient (Wildman–Crippen LogP) is 15.8. The zero-order valence-corrected chi connectivity index (χ0v) is 35.7. The molecule has 0 radical (unpaired) electrons. The van der Waals surface area contributed by atoms with E-state index in [1.54, 1.807) is 0 Å². The summed E-state index contributed by atoms with van der Waals surface area (Å²) in [7, 11) is 0. The Morgan fingerprint density at radius 3 is 1.75 bits per heavy atom. The molecule has 294 valence electrons. The van der Waals surface area contributed by atoms with E-state index in [1.807, 2.05) is 6.07 Å². The number of rotatable bonds is 6. The molecular formula is C58H51NO. The summed E-state index contributed by atoms with van der Waals surface area (Å²) >= 11 is 0. The Labute approximate surface area is 354 Å². The van der Waals surface area contributed by atoms with Gasteiger partial charge in [0, 0.05) is 34.4 Å². The average Bonchev–Trinajstić information content (AvgIpc) is 3.87. The monoisotopic (exact) mass is 777 g/mol. The van der Waals surface area contributed by atoms with Gasteiger partial charge in [0.25, 0.3) is 0 Å². The molecule has 2 heteroatoms. The van der Waals surface area contributed by atoms with Crippen LogP contribution in [0.3, 0.4) is 0 Å². The minimum atomic E-state index is -0.500. The maximum absolute atomic E-state index is 6.49. The molecule has 0 bridgehead atoms. The maximum Gasteiger partial charge on any atom is 0.137 e. The molecule has 0 N–H and O–H groups in total. The molecule has 7 aromatic carbocycles. The van der Waals surface area contributed by atoms with Gasteiger partial charge in [0.1, 0.15) is 11.2 Å². The van der Waals surface area contributed by atoms with Gasteiger partial charge in [0.05, 0.1) is 5.41 Å². The third-order valence-corrected chi connectivity index (χ3v) is 12.8. The second-order valence-corrected chi connectivity index (χ2v) is 18.5. The van der Waals surface area contributed by atoms with E-state index >= 15 is 0 Å². The number of furan rings is 1. The van der Waals surface area contributed by atoms with Gasteiger partial charge < -0.3 is 9.32 Å². The normalized spacial score (nSPS) is 14.3. The molecule has 0 atom stereocenters. The first kappa shape index (κ1) is 37.6. The van der Waals surface area contributed by atoms with Crippen molar-refractivity contribution in [3.63, 3.8) is 0 Å². The van der Waals surface area contributed by atoms with Gasteiger partial charge in [-0.15, -0.1) is 0 Å². The number of fused-ring (bicyclic) bond motifs is 13. The Morgan fingerprint density at radius 1 is 0.517 bits per heavy atom. The molecule has 0 saturated heterocycles. The topological polar surface area (TPSA) is 16.4 Å². The minimum Gasteiger partial charge on any atom is -0.456 e. The van der Waals surface area contributed by atoms with Crippen molar-refractivity contribution in [2.45, 2.75) is 64.7 Å². The van der Waals surface area contributed by atoms with Crippen LogP contribution in [-0.4, -0.2) is 0 Å². The van der Waals surface area contributed by atoms with Crippen molar-refractivity contribution in [2.24, 2.45) is 0 Å². The summed E-state index contributed by atoms with van der Waals surface area (Å²) in [6.07, 6.45) is 10.9. The van der Waals surface area contributed by atoms with Gasteiger partial charge in [-0.1, -0.05) is 175 Å². The molecular weight excluding hydrogens is 727 g/mol. The number of nitrogens with zero attached hydrogens (tertiary/aromatic N) is 1. The predicted molar refractivity (Wildman–Crippen MR) is 254 cm³/mol. The summed E-state index contributed by atoms with van der Waals surface area (Å²) in [5, 5.41) is 2.24. The van der Waals surface area contributed by atoms with Gasteiger partial charge in [0.2, 0.25) is 0 Å². The van der Waals surface area contributed by atoms with Gasteiger partial charge in [-0.3, -0.25) is 0 Å². The number of para-hydroxylation sites is 1. The second kappa shape index (κ2) is 14.0. The maximum atomic E-state index is 6.49.